The van der Waals surface area contributed by atoms with Gasteiger partial charge in [0.2, 0.25) is 5.88 Å². The first-order valence-electron chi connectivity index (χ1n) is 13.4. The van der Waals surface area contributed by atoms with E-state index in [-0.39, 0.29) is 18.9 Å². The fourth-order valence-corrected chi connectivity index (χ4v) is 4.90. The Kier molecular flexibility index (Phi) is 8.23. The minimum atomic E-state index is -1.07. The predicted molar refractivity (Wildman–Crippen MR) is 162 cm³/mol. The Bertz CT molecular complexity index is 1910. The van der Waals surface area contributed by atoms with Gasteiger partial charge >= 0.3 is 5.97 Å². The number of ether oxygens (including phenoxy) is 3. The van der Waals surface area contributed by atoms with Crippen LogP contribution >= 0.6 is 11.3 Å². The van der Waals surface area contributed by atoms with E-state index in [1.54, 1.807) is 42.3 Å². The molecule has 0 bridgehead atoms. The number of para-hydroxylation sites is 1. The van der Waals surface area contributed by atoms with E-state index in [4.69, 9.17) is 23.0 Å². The maximum absolute atomic E-state index is 11.2. The number of rotatable bonds is 12. The fraction of sp³-hybridized carbons (Fsp3) is 0.125. The SMILES string of the molecule is COc1cc(COc2nn(-c3ccccc3)cc2C=Cc2nc(C(=O)O)cs2)ccc1OCc1nc(-c2ccco2)oc1C. The Morgan fingerprint density at radius 1 is 1.02 bits per heavy atom. The molecule has 0 atom stereocenters. The van der Waals surface area contributed by atoms with Gasteiger partial charge in [-0.1, -0.05) is 24.3 Å². The molecule has 0 aliphatic carbocycles. The zero-order valence-corrected chi connectivity index (χ0v) is 24.5. The van der Waals surface area contributed by atoms with Gasteiger partial charge in [0.15, 0.2) is 23.0 Å². The lowest BCUT2D eigenvalue weighted by Crippen LogP contribution is -2.02. The van der Waals surface area contributed by atoms with E-state index in [1.807, 2.05) is 61.7 Å². The number of nitrogens with zero attached hydrogens (tertiary/aromatic N) is 4. The number of hydrogen-bond acceptors (Lipinski definition) is 10. The number of carboxylic acids is 1. The number of thiazole rings is 1. The second-order valence-corrected chi connectivity index (χ2v) is 10.3. The third-order valence-electron chi connectivity index (χ3n) is 6.47. The molecule has 0 unspecified atom stereocenters. The van der Waals surface area contributed by atoms with Gasteiger partial charge in [-0.05, 0) is 61.0 Å². The number of oxazole rings is 1. The first kappa shape index (κ1) is 28.5. The third kappa shape index (κ3) is 6.40. The van der Waals surface area contributed by atoms with Crippen molar-refractivity contribution >= 4 is 29.5 Å². The van der Waals surface area contributed by atoms with Crippen molar-refractivity contribution in [1.29, 1.82) is 0 Å². The number of aromatic nitrogens is 4. The van der Waals surface area contributed by atoms with E-state index in [0.29, 0.717) is 51.1 Å². The van der Waals surface area contributed by atoms with Crippen LogP contribution in [0.2, 0.25) is 0 Å². The number of carboxylic acid groups (broad SMARTS) is 1. The molecule has 0 saturated heterocycles. The van der Waals surface area contributed by atoms with Gasteiger partial charge in [-0.25, -0.2) is 19.4 Å². The minimum absolute atomic E-state index is 0.00210. The Labute approximate surface area is 255 Å². The summed E-state index contributed by atoms with van der Waals surface area (Å²) in [5.74, 6) is 1.98. The Morgan fingerprint density at radius 2 is 1.89 bits per heavy atom. The topological polar surface area (TPSA) is 135 Å². The van der Waals surface area contributed by atoms with Crippen LogP contribution in [0.5, 0.6) is 17.4 Å². The second kappa shape index (κ2) is 12.7. The summed E-state index contributed by atoms with van der Waals surface area (Å²) >= 11 is 1.24. The summed E-state index contributed by atoms with van der Waals surface area (Å²) in [5, 5.41) is 15.9. The normalized spacial score (nSPS) is 11.2. The van der Waals surface area contributed by atoms with E-state index < -0.39 is 5.97 Å². The van der Waals surface area contributed by atoms with Gasteiger partial charge in [-0.2, -0.15) is 0 Å². The lowest BCUT2D eigenvalue weighted by molar-refractivity contribution is 0.0691. The molecule has 222 valence electrons. The van der Waals surface area contributed by atoms with Crippen molar-refractivity contribution in [3.05, 3.63) is 112 Å². The molecule has 2 aromatic carbocycles. The molecule has 0 amide bonds. The summed E-state index contributed by atoms with van der Waals surface area (Å²) in [6.45, 7) is 2.21. The molecule has 0 radical (unpaired) electrons. The van der Waals surface area contributed by atoms with Gasteiger partial charge in [-0.3, -0.25) is 0 Å². The van der Waals surface area contributed by atoms with Crippen LogP contribution in [0.3, 0.4) is 0 Å². The van der Waals surface area contributed by atoms with Crippen LogP contribution in [-0.4, -0.2) is 37.9 Å². The van der Waals surface area contributed by atoms with E-state index in [9.17, 15) is 9.90 Å². The smallest absolute Gasteiger partial charge is 0.355 e. The summed E-state index contributed by atoms with van der Waals surface area (Å²) in [6.07, 6.45) is 6.94. The van der Waals surface area contributed by atoms with Gasteiger partial charge in [0.25, 0.3) is 5.89 Å². The van der Waals surface area contributed by atoms with Crippen LogP contribution in [0.1, 0.15) is 38.1 Å². The van der Waals surface area contributed by atoms with Crippen LogP contribution in [-0.2, 0) is 13.2 Å². The quantitative estimate of drug-likeness (QED) is 0.156. The highest BCUT2D eigenvalue weighted by Gasteiger charge is 2.16. The predicted octanol–water partition coefficient (Wildman–Crippen LogP) is 6.92. The monoisotopic (exact) mass is 610 g/mol. The summed E-state index contributed by atoms with van der Waals surface area (Å²) in [4.78, 5) is 19.8. The second-order valence-electron chi connectivity index (χ2n) is 9.44. The van der Waals surface area contributed by atoms with Crippen molar-refractivity contribution in [2.45, 2.75) is 20.1 Å². The van der Waals surface area contributed by atoms with E-state index in [1.165, 1.54) is 16.7 Å². The molecule has 6 rings (SSSR count). The first-order chi connectivity index (χ1) is 21.5. The molecular formula is C32H26N4O7S. The van der Waals surface area contributed by atoms with Crippen LogP contribution < -0.4 is 14.2 Å². The summed E-state index contributed by atoms with van der Waals surface area (Å²) in [6, 6.07) is 18.7. The maximum Gasteiger partial charge on any atom is 0.355 e. The van der Waals surface area contributed by atoms with Gasteiger partial charge in [0.1, 0.15) is 29.7 Å². The lowest BCUT2D eigenvalue weighted by Gasteiger charge is -2.12. The molecule has 0 aliphatic heterocycles. The summed E-state index contributed by atoms with van der Waals surface area (Å²) < 4.78 is 30.6. The third-order valence-corrected chi connectivity index (χ3v) is 7.28. The van der Waals surface area contributed by atoms with Crippen molar-refractivity contribution < 1.29 is 32.9 Å². The molecule has 0 aliphatic rings. The first-order valence-corrected chi connectivity index (χ1v) is 14.3. The largest absolute Gasteiger partial charge is 0.493 e. The Hall–Kier alpha value is -5.62. The van der Waals surface area contributed by atoms with Gasteiger partial charge in [0, 0.05) is 11.6 Å². The average Bonchev–Trinajstić information content (AvgIpc) is 3.86. The van der Waals surface area contributed by atoms with Crippen LogP contribution in [0.15, 0.2) is 87.3 Å². The molecular weight excluding hydrogens is 584 g/mol. The number of aryl methyl sites for hydroxylation is 1. The number of benzene rings is 2. The van der Waals surface area contributed by atoms with Gasteiger partial charge in [0.05, 0.1) is 24.6 Å². The summed E-state index contributed by atoms with van der Waals surface area (Å²) in [5.41, 5.74) is 3.05. The van der Waals surface area contributed by atoms with Gasteiger partial charge < -0.3 is 28.2 Å². The fourth-order valence-electron chi connectivity index (χ4n) is 4.22. The molecule has 4 aromatic heterocycles. The molecule has 4 heterocycles. The maximum atomic E-state index is 11.2. The van der Waals surface area contributed by atoms with E-state index >= 15 is 0 Å². The van der Waals surface area contributed by atoms with E-state index in [2.05, 4.69) is 15.1 Å². The molecule has 1 N–H and O–H groups in total. The number of methoxy groups -OCH3 is 1. The molecule has 0 fully saturated rings. The van der Waals surface area contributed by atoms with Crippen molar-refractivity contribution in [3.8, 4) is 34.7 Å². The molecule has 0 spiro atoms. The van der Waals surface area contributed by atoms with Crippen molar-refractivity contribution in [1.82, 2.24) is 19.7 Å². The van der Waals surface area contributed by atoms with Crippen LogP contribution in [0.25, 0.3) is 29.5 Å². The van der Waals surface area contributed by atoms with Crippen molar-refractivity contribution in [2.24, 2.45) is 0 Å². The zero-order chi connectivity index (χ0) is 30.5. The van der Waals surface area contributed by atoms with Crippen LogP contribution in [0.4, 0.5) is 0 Å². The Morgan fingerprint density at radius 3 is 2.64 bits per heavy atom. The highest BCUT2D eigenvalue weighted by Crippen LogP contribution is 2.31. The summed E-state index contributed by atoms with van der Waals surface area (Å²) in [7, 11) is 1.57. The molecule has 0 saturated carbocycles. The van der Waals surface area contributed by atoms with Gasteiger partial charge in [-0.15, -0.1) is 16.4 Å². The van der Waals surface area contributed by atoms with E-state index in [0.717, 1.165) is 11.3 Å². The van der Waals surface area contributed by atoms with Crippen molar-refractivity contribution in [2.75, 3.05) is 7.11 Å². The lowest BCUT2D eigenvalue weighted by atomic mass is 10.2. The van der Waals surface area contributed by atoms with Crippen molar-refractivity contribution in [3.63, 3.8) is 0 Å². The highest BCUT2D eigenvalue weighted by atomic mass is 32.1. The highest BCUT2D eigenvalue weighted by molar-refractivity contribution is 7.10. The zero-order valence-electron chi connectivity index (χ0n) is 23.7. The average molecular weight is 611 g/mol. The number of aromatic carboxylic acids is 1. The molecule has 12 heteroatoms. The standard InChI is InChI=1S/C32H26N4O7S/c1-20-24(34-31(43-20)27-9-6-14-40-27)18-41-26-12-10-21(15-28(26)39-2)17-42-30-22(11-13-29-33-25(19-44-29)32(37)38)16-36(35-30)23-7-4-3-5-8-23/h3-16,19H,17-18H2,1-2H3,(H,37,38). The Balaban J connectivity index is 1.17. The number of furan rings is 1. The number of carbonyl (C=O) groups is 1. The minimum Gasteiger partial charge on any atom is -0.493 e. The molecule has 44 heavy (non-hydrogen) atoms. The molecule has 11 nitrogen and oxygen atoms in total. The molecule has 6 aromatic rings. The van der Waals surface area contributed by atoms with Crippen LogP contribution in [0, 0.1) is 6.92 Å². The number of hydrogen-bond donors (Lipinski definition) is 1.